The van der Waals surface area contributed by atoms with Gasteiger partial charge in [-0.15, -0.1) is 0 Å². The van der Waals surface area contributed by atoms with Crippen molar-refractivity contribution in [1.29, 1.82) is 0 Å². The van der Waals surface area contributed by atoms with Gasteiger partial charge in [-0.05, 0) is 63.9 Å². The molecule has 3 rings (SSSR count). The summed E-state index contributed by atoms with van der Waals surface area (Å²) < 4.78 is 7.64. The first-order valence-electron chi connectivity index (χ1n) is 9.39. The highest BCUT2D eigenvalue weighted by molar-refractivity contribution is 6.42. The van der Waals surface area contributed by atoms with Crippen LogP contribution >= 0.6 is 23.2 Å². The molecule has 0 radical (unpaired) electrons. The molecule has 142 valence electrons. The number of hydrogen-bond donors (Lipinski definition) is 0. The van der Waals surface area contributed by atoms with Crippen LogP contribution in [0.3, 0.4) is 0 Å². The molecule has 1 aromatic heterocycles. The normalized spacial score (nSPS) is 21.2. The minimum Gasteiger partial charge on any atom is -0.373 e. The third-order valence-electron chi connectivity index (χ3n) is 4.71. The van der Waals surface area contributed by atoms with Crippen molar-refractivity contribution in [3.05, 3.63) is 46.2 Å². The summed E-state index contributed by atoms with van der Waals surface area (Å²) in [5.74, 6) is 0. The molecule has 2 heterocycles. The second kappa shape index (κ2) is 9.23. The second-order valence-corrected chi connectivity index (χ2v) is 7.99. The Balaban J connectivity index is 1.40. The smallest absolute Gasteiger partial charge is 0.0678 e. The molecular weight excluding hydrogens is 369 g/mol. The zero-order chi connectivity index (χ0) is 18.5. The zero-order valence-electron chi connectivity index (χ0n) is 15.5. The van der Waals surface area contributed by atoms with Crippen LogP contribution in [0.5, 0.6) is 0 Å². The van der Waals surface area contributed by atoms with E-state index in [9.17, 15) is 0 Å². The molecule has 4 nitrogen and oxygen atoms in total. The highest BCUT2D eigenvalue weighted by Gasteiger charge is 2.21. The summed E-state index contributed by atoms with van der Waals surface area (Å²) in [4.78, 5) is 2.53. The first-order chi connectivity index (χ1) is 12.5. The molecule has 0 saturated carbocycles. The summed E-state index contributed by atoms with van der Waals surface area (Å²) in [6.07, 6.45) is 7.30. The second-order valence-electron chi connectivity index (χ2n) is 7.18. The van der Waals surface area contributed by atoms with Gasteiger partial charge in [-0.25, -0.2) is 4.68 Å². The maximum atomic E-state index is 6.09. The Kier molecular flexibility index (Phi) is 6.98. The van der Waals surface area contributed by atoms with E-state index in [1.54, 1.807) is 6.07 Å². The Bertz CT molecular complexity index is 709. The van der Waals surface area contributed by atoms with E-state index < -0.39 is 0 Å². The van der Waals surface area contributed by atoms with Crippen molar-refractivity contribution in [1.82, 2.24) is 14.7 Å². The lowest BCUT2D eigenvalue weighted by molar-refractivity contribution is -0.0681. The van der Waals surface area contributed by atoms with Gasteiger partial charge < -0.3 is 4.74 Å². The molecular formula is C20H27Cl2N3O. The number of unbranched alkanes of at least 4 members (excludes halogenated alkanes) is 2. The minimum atomic E-state index is 0.351. The fourth-order valence-electron chi connectivity index (χ4n) is 3.55. The van der Waals surface area contributed by atoms with Gasteiger partial charge >= 0.3 is 0 Å². The Morgan fingerprint density at radius 2 is 1.81 bits per heavy atom. The van der Waals surface area contributed by atoms with Crippen molar-refractivity contribution in [3.8, 4) is 5.69 Å². The highest BCUT2D eigenvalue weighted by atomic mass is 35.5. The maximum absolute atomic E-state index is 6.09. The number of aryl methyl sites for hydroxylation is 1. The molecule has 2 atom stereocenters. The summed E-state index contributed by atoms with van der Waals surface area (Å²) in [6.45, 7) is 7.59. The molecule has 0 spiro atoms. The van der Waals surface area contributed by atoms with E-state index in [1.807, 2.05) is 23.0 Å². The molecule has 0 amide bonds. The van der Waals surface area contributed by atoms with Crippen molar-refractivity contribution >= 4 is 23.2 Å². The van der Waals surface area contributed by atoms with E-state index in [-0.39, 0.29) is 0 Å². The van der Waals surface area contributed by atoms with Crippen molar-refractivity contribution in [2.45, 2.75) is 51.7 Å². The summed E-state index contributed by atoms with van der Waals surface area (Å²) in [5, 5.41) is 5.76. The van der Waals surface area contributed by atoms with Crippen LogP contribution in [0, 0.1) is 0 Å². The number of ether oxygens (including phenoxy) is 1. The average molecular weight is 396 g/mol. The third-order valence-corrected chi connectivity index (χ3v) is 5.45. The number of hydrogen-bond acceptors (Lipinski definition) is 3. The lowest BCUT2D eigenvalue weighted by atomic mass is 10.1. The summed E-state index contributed by atoms with van der Waals surface area (Å²) in [6, 6.07) is 7.64. The molecule has 0 aliphatic carbocycles. The highest BCUT2D eigenvalue weighted by Crippen LogP contribution is 2.24. The van der Waals surface area contributed by atoms with Crippen LogP contribution in [0.15, 0.2) is 30.5 Å². The molecule has 1 saturated heterocycles. The summed E-state index contributed by atoms with van der Waals surface area (Å²) in [5.41, 5.74) is 2.05. The zero-order valence-corrected chi connectivity index (χ0v) is 17.0. The quantitative estimate of drug-likeness (QED) is 0.617. The predicted octanol–water partition coefficient (Wildman–Crippen LogP) is 5.00. The lowest BCUT2D eigenvalue weighted by Crippen LogP contribution is -2.45. The molecule has 6 heteroatoms. The van der Waals surface area contributed by atoms with Gasteiger partial charge in [0.15, 0.2) is 0 Å². The van der Waals surface area contributed by atoms with Gasteiger partial charge in [0.05, 0.1) is 33.6 Å². The van der Waals surface area contributed by atoms with E-state index in [0.717, 1.165) is 43.9 Å². The van der Waals surface area contributed by atoms with Gasteiger partial charge in [-0.1, -0.05) is 29.6 Å². The molecule has 2 unspecified atom stereocenters. The topological polar surface area (TPSA) is 30.3 Å². The molecule has 1 fully saturated rings. The van der Waals surface area contributed by atoms with E-state index in [2.05, 4.69) is 29.9 Å². The van der Waals surface area contributed by atoms with E-state index in [0.29, 0.717) is 22.3 Å². The fraction of sp³-hybridized carbons (Fsp3) is 0.550. The fourth-order valence-corrected chi connectivity index (χ4v) is 3.84. The SMILES string of the molecule is CC1CN(CCCCCc2ccn(-c3ccc(Cl)c(Cl)c3)n2)CC(C)O1. The molecule has 1 aromatic carbocycles. The van der Waals surface area contributed by atoms with Crippen LogP contribution in [0.1, 0.15) is 38.8 Å². The summed E-state index contributed by atoms with van der Waals surface area (Å²) in [7, 11) is 0. The van der Waals surface area contributed by atoms with Crippen LogP contribution in [-0.4, -0.2) is 46.5 Å². The van der Waals surface area contributed by atoms with Crippen LogP contribution in [-0.2, 0) is 11.2 Å². The summed E-state index contributed by atoms with van der Waals surface area (Å²) >= 11 is 12.1. The average Bonchev–Trinajstić information content (AvgIpc) is 3.05. The standard InChI is InChI=1S/C20H27Cl2N3O/c1-15-13-24(14-16(2)26-15)10-5-3-4-6-17-9-11-25(23-17)18-7-8-19(21)20(22)12-18/h7-9,11-12,15-16H,3-6,10,13-14H2,1-2H3. The van der Waals surface area contributed by atoms with E-state index >= 15 is 0 Å². The van der Waals surface area contributed by atoms with Crippen LogP contribution in [0.4, 0.5) is 0 Å². The van der Waals surface area contributed by atoms with Gasteiger partial charge in [0.25, 0.3) is 0 Å². The monoisotopic (exact) mass is 395 g/mol. The van der Waals surface area contributed by atoms with Crippen molar-refractivity contribution in [2.24, 2.45) is 0 Å². The van der Waals surface area contributed by atoms with Gasteiger partial charge in [0, 0.05) is 19.3 Å². The molecule has 0 bridgehead atoms. The molecule has 26 heavy (non-hydrogen) atoms. The Morgan fingerprint density at radius 1 is 1.04 bits per heavy atom. The molecule has 1 aliphatic rings. The van der Waals surface area contributed by atoms with Crippen molar-refractivity contribution in [2.75, 3.05) is 19.6 Å². The Morgan fingerprint density at radius 3 is 2.54 bits per heavy atom. The van der Waals surface area contributed by atoms with Crippen molar-refractivity contribution < 1.29 is 4.74 Å². The largest absolute Gasteiger partial charge is 0.373 e. The maximum Gasteiger partial charge on any atom is 0.0678 e. The van der Waals surface area contributed by atoms with Gasteiger partial charge in [-0.3, -0.25) is 4.90 Å². The number of rotatable bonds is 7. The van der Waals surface area contributed by atoms with E-state index in [4.69, 9.17) is 27.9 Å². The molecule has 0 N–H and O–H groups in total. The molecule has 1 aliphatic heterocycles. The van der Waals surface area contributed by atoms with Gasteiger partial charge in [-0.2, -0.15) is 5.10 Å². The number of nitrogens with zero attached hydrogens (tertiary/aromatic N) is 3. The van der Waals surface area contributed by atoms with Gasteiger partial charge in [0.2, 0.25) is 0 Å². The number of halogens is 2. The van der Waals surface area contributed by atoms with Crippen LogP contribution < -0.4 is 0 Å². The minimum absolute atomic E-state index is 0.351. The van der Waals surface area contributed by atoms with Crippen LogP contribution in [0.2, 0.25) is 10.0 Å². The Labute approximate surface area is 166 Å². The Hall–Kier alpha value is -1.07. The van der Waals surface area contributed by atoms with Gasteiger partial charge in [0.1, 0.15) is 0 Å². The third kappa shape index (κ3) is 5.46. The number of morpholine rings is 1. The van der Waals surface area contributed by atoms with Crippen LogP contribution in [0.25, 0.3) is 5.69 Å². The predicted molar refractivity (Wildman–Crippen MR) is 108 cm³/mol. The number of aromatic nitrogens is 2. The lowest BCUT2D eigenvalue weighted by Gasteiger charge is -2.35. The first kappa shape index (κ1) is 19.7. The molecule has 2 aromatic rings. The number of benzene rings is 1. The van der Waals surface area contributed by atoms with E-state index in [1.165, 1.54) is 12.8 Å². The first-order valence-corrected chi connectivity index (χ1v) is 10.1. The van der Waals surface area contributed by atoms with Crippen molar-refractivity contribution in [3.63, 3.8) is 0 Å².